The summed E-state index contributed by atoms with van der Waals surface area (Å²) in [5.74, 6) is 1.81. The molecule has 104 valence electrons. The van der Waals surface area contributed by atoms with Crippen molar-refractivity contribution in [3.8, 4) is 16.3 Å². The van der Waals surface area contributed by atoms with Gasteiger partial charge in [-0.2, -0.15) is 4.37 Å². The molecule has 2 aromatic rings. The van der Waals surface area contributed by atoms with Crippen molar-refractivity contribution in [3.05, 3.63) is 30.1 Å². The highest BCUT2D eigenvalue weighted by Gasteiger charge is 2.06. The highest BCUT2D eigenvalue weighted by Crippen LogP contribution is 2.24. The molecule has 0 unspecified atom stereocenters. The number of ether oxygens (including phenoxy) is 1. The summed E-state index contributed by atoms with van der Waals surface area (Å²) in [4.78, 5) is 4.56. The van der Waals surface area contributed by atoms with Gasteiger partial charge in [0.05, 0.1) is 20.7 Å². The van der Waals surface area contributed by atoms with E-state index < -0.39 is 0 Å². The van der Waals surface area contributed by atoms with Gasteiger partial charge in [0.25, 0.3) is 0 Å². The minimum atomic E-state index is 0. The molecule has 0 amide bonds. The maximum absolute atomic E-state index is 5.14. The summed E-state index contributed by atoms with van der Waals surface area (Å²) in [6.07, 6.45) is 2.08. The predicted molar refractivity (Wildman–Crippen MR) is 72.9 cm³/mol. The Bertz CT molecular complexity index is 487. The normalized spacial score (nSPS) is 10.0. The van der Waals surface area contributed by atoms with Crippen LogP contribution in [0, 0.1) is 0 Å². The highest BCUT2D eigenvalue weighted by atomic mass is 35.5. The number of aryl methyl sites for hydroxylation is 1. The van der Waals surface area contributed by atoms with Crippen molar-refractivity contribution in [1.82, 2.24) is 9.36 Å². The lowest BCUT2D eigenvalue weighted by atomic mass is 10.2. The molecule has 0 bridgehead atoms. The van der Waals surface area contributed by atoms with E-state index in [1.807, 2.05) is 24.3 Å². The van der Waals surface area contributed by atoms with E-state index in [-0.39, 0.29) is 12.4 Å². The van der Waals surface area contributed by atoms with Gasteiger partial charge in [0.15, 0.2) is 0 Å². The number of nitrogens with zero attached hydrogens (tertiary/aromatic N) is 2. The zero-order valence-electron chi connectivity index (χ0n) is 11.1. The molecule has 0 fully saturated rings. The molecule has 2 N–H and O–H groups in total. The lowest BCUT2D eigenvalue weighted by Crippen LogP contribution is -3.00. The molecular formula is C13H18ClN3OS. The van der Waals surface area contributed by atoms with Crippen LogP contribution in [0.5, 0.6) is 5.75 Å². The van der Waals surface area contributed by atoms with E-state index in [0.29, 0.717) is 0 Å². The molecular weight excluding hydrogens is 282 g/mol. The number of nitrogens with two attached hydrogens (primary N) is 1. The van der Waals surface area contributed by atoms with Gasteiger partial charge >= 0.3 is 0 Å². The van der Waals surface area contributed by atoms with Crippen molar-refractivity contribution in [1.29, 1.82) is 0 Å². The van der Waals surface area contributed by atoms with Gasteiger partial charge in [0, 0.05) is 18.4 Å². The Kier molecular flexibility index (Phi) is 6.77. The van der Waals surface area contributed by atoms with Gasteiger partial charge in [0.1, 0.15) is 16.6 Å². The van der Waals surface area contributed by atoms with E-state index >= 15 is 0 Å². The molecule has 0 saturated carbocycles. The maximum atomic E-state index is 5.14. The Morgan fingerprint density at radius 1 is 1.26 bits per heavy atom. The molecule has 0 aliphatic rings. The fourth-order valence-corrected chi connectivity index (χ4v) is 2.38. The number of quaternary nitrogens is 1. The van der Waals surface area contributed by atoms with Crippen molar-refractivity contribution in [2.24, 2.45) is 0 Å². The first-order valence-electron chi connectivity index (χ1n) is 6.08. The van der Waals surface area contributed by atoms with Crippen LogP contribution in [-0.2, 0) is 6.42 Å². The smallest absolute Gasteiger partial charge is 0.144 e. The average Bonchev–Trinajstić information content (AvgIpc) is 2.88. The summed E-state index contributed by atoms with van der Waals surface area (Å²) in [5, 5.41) is 3.16. The van der Waals surface area contributed by atoms with Crippen LogP contribution in [0.15, 0.2) is 24.3 Å². The van der Waals surface area contributed by atoms with Crippen LogP contribution in [-0.4, -0.2) is 30.1 Å². The van der Waals surface area contributed by atoms with Crippen molar-refractivity contribution >= 4 is 11.5 Å². The summed E-state index contributed by atoms with van der Waals surface area (Å²) in [7, 11) is 3.75. The zero-order valence-corrected chi connectivity index (χ0v) is 12.7. The average molecular weight is 300 g/mol. The molecule has 0 spiro atoms. The quantitative estimate of drug-likeness (QED) is 0.650. The third-order valence-electron chi connectivity index (χ3n) is 2.70. The standard InChI is InChI=1S/C13H17N3OS.ClH/c1-14-9-3-4-12-15-13(18-16-12)10-5-7-11(17-2)8-6-10;/h5-8,14H,3-4,9H2,1-2H3;1H. The van der Waals surface area contributed by atoms with Gasteiger partial charge in [-0.1, -0.05) is 0 Å². The van der Waals surface area contributed by atoms with Crippen LogP contribution in [0.3, 0.4) is 0 Å². The number of aromatic nitrogens is 2. The maximum Gasteiger partial charge on any atom is 0.144 e. The van der Waals surface area contributed by atoms with Gasteiger partial charge in [-0.3, -0.25) is 0 Å². The Morgan fingerprint density at radius 3 is 2.63 bits per heavy atom. The number of methoxy groups -OCH3 is 1. The second kappa shape index (κ2) is 8.09. The number of rotatable bonds is 6. The van der Waals surface area contributed by atoms with Gasteiger partial charge in [0.2, 0.25) is 0 Å². The number of hydrogen-bond acceptors (Lipinski definition) is 4. The molecule has 1 aromatic heterocycles. The zero-order chi connectivity index (χ0) is 12.8. The molecule has 0 aliphatic heterocycles. The Morgan fingerprint density at radius 2 is 2.00 bits per heavy atom. The number of halogens is 1. The highest BCUT2D eigenvalue weighted by molar-refractivity contribution is 7.09. The molecule has 0 radical (unpaired) electrons. The number of benzene rings is 1. The van der Waals surface area contributed by atoms with Crippen molar-refractivity contribution in [2.75, 3.05) is 20.7 Å². The molecule has 1 aromatic carbocycles. The molecule has 0 saturated heterocycles. The first-order chi connectivity index (χ1) is 8.83. The first kappa shape index (κ1) is 15.9. The van der Waals surface area contributed by atoms with Crippen molar-refractivity contribution in [3.63, 3.8) is 0 Å². The van der Waals surface area contributed by atoms with Crippen LogP contribution in [0.25, 0.3) is 10.6 Å². The molecule has 2 rings (SSSR count). The summed E-state index contributed by atoms with van der Waals surface area (Å²) < 4.78 is 9.53. The molecule has 0 aliphatic carbocycles. The Labute approximate surface area is 123 Å². The van der Waals surface area contributed by atoms with Crippen LogP contribution < -0.4 is 22.5 Å². The van der Waals surface area contributed by atoms with Crippen LogP contribution in [0.4, 0.5) is 0 Å². The molecule has 4 nitrogen and oxygen atoms in total. The first-order valence-corrected chi connectivity index (χ1v) is 6.85. The van der Waals surface area contributed by atoms with E-state index in [2.05, 4.69) is 21.7 Å². The summed E-state index contributed by atoms with van der Waals surface area (Å²) >= 11 is 1.46. The van der Waals surface area contributed by atoms with Crippen LogP contribution in [0.2, 0.25) is 0 Å². The SMILES string of the molecule is C[NH2+]CCCc1nsc(-c2ccc(OC)cc2)n1.[Cl-]. The van der Waals surface area contributed by atoms with E-state index in [1.54, 1.807) is 7.11 Å². The fourth-order valence-electron chi connectivity index (χ4n) is 1.67. The van der Waals surface area contributed by atoms with Crippen molar-refractivity contribution < 1.29 is 22.5 Å². The van der Waals surface area contributed by atoms with E-state index in [1.165, 1.54) is 11.5 Å². The molecule has 1 heterocycles. The molecule has 6 heteroatoms. The lowest BCUT2D eigenvalue weighted by molar-refractivity contribution is -0.627. The van der Waals surface area contributed by atoms with Crippen molar-refractivity contribution in [2.45, 2.75) is 12.8 Å². The van der Waals surface area contributed by atoms with E-state index in [4.69, 9.17) is 4.74 Å². The Balaban J connectivity index is 0.00000180. The topological polar surface area (TPSA) is 51.6 Å². The van der Waals surface area contributed by atoms with Crippen LogP contribution >= 0.6 is 11.5 Å². The van der Waals surface area contributed by atoms with E-state index in [0.717, 1.165) is 41.5 Å². The number of hydrogen-bond donors (Lipinski definition) is 1. The van der Waals surface area contributed by atoms with Crippen LogP contribution in [0.1, 0.15) is 12.2 Å². The molecule has 0 atom stereocenters. The third kappa shape index (κ3) is 4.45. The second-order valence-corrected chi connectivity index (χ2v) is 4.80. The summed E-state index contributed by atoms with van der Waals surface area (Å²) in [5.41, 5.74) is 1.10. The Hall–Kier alpha value is -1.17. The monoisotopic (exact) mass is 299 g/mol. The largest absolute Gasteiger partial charge is 1.00 e. The van der Waals surface area contributed by atoms with Gasteiger partial charge in [-0.25, -0.2) is 4.98 Å². The van der Waals surface area contributed by atoms with Gasteiger partial charge < -0.3 is 22.5 Å². The summed E-state index contributed by atoms with van der Waals surface area (Å²) in [6.45, 7) is 1.12. The predicted octanol–water partition coefficient (Wildman–Crippen LogP) is -1.66. The van der Waals surface area contributed by atoms with Gasteiger partial charge in [-0.05, 0) is 35.8 Å². The van der Waals surface area contributed by atoms with E-state index in [9.17, 15) is 0 Å². The second-order valence-electron chi connectivity index (χ2n) is 4.04. The summed E-state index contributed by atoms with van der Waals surface area (Å²) in [6, 6.07) is 7.93. The fraction of sp³-hybridized carbons (Fsp3) is 0.385. The molecule has 19 heavy (non-hydrogen) atoms. The lowest BCUT2D eigenvalue weighted by Gasteiger charge is -1.99. The minimum Gasteiger partial charge on any atom is -1.00 e. The van der Waals surface area contributed by atoms with Gasteiger partial charge in [-0.15, -0.1) is 0 Å². The minimum absolute atomic E-state index is 0. The third-order valence-corrected chi connectivity index (χ3v) is 3.50.